The van der Waals surface area contributed by atoms with Crippen molar-refractivity contribution in [1.82, 2.24) is 29.7 Å². The molecule has 3 heterocycles. The Balaban J connectivity index is 1.88. The molecule has 0 fully saturated rings. The van der Waals surface area contributed by atoms with E-state index in [1.807, 2.05) is 30.3 Å². The van der Waals surface area contributed by atoms with Crippen molar-refractivity contribution in [3.63, 3.8) is 0 Å². The Morgan fingerprint density at radius 1 is 1.10 bits per heavy atom. The first-order chi connectivity index (χ1) is 10.3. The van der Waals surface area contributed by atoms with E-state index in [1.165, 1.54) is 17.3 Å². The smallest absolute Gasteiger partial charge is 0.257 e. The third-order valence-corrected chi connectivity index (χ3v) is 2.91. The fraction of sp³-hybridized carbons (Fsp3) is 0. The third kappa shape index (κ3) is 1.98. The molecule has 0 saturated carbocycles. The predicted molar refractivity (Wildman–Crippen MR) is 74.4 cm³/mol. The van der Waals surface area contributed by atoms with Crippen LogP contribution in [0.2, 0.25) is 0 Å². The number of rotatable bonds is 2. The van der Waals surface area contributed by atoms with Crippen LogP contribution < -0.4 is 5.73 Å². The Hall–Kier alpha value is -3.29. The number of furan rings is 1. The van der Waals surface area contributed by atoms with E-state index in [9.17, 15) is 0 Å². The minimum absolute atomic E-state index is 0.0888. The van der Waals surface area contributed by atoms with Crippen LogP contribution in [-0.4, -0.2) is 29.7 Å². The molecule has 0 bridgehead atoms. The highest BCUT2D eigenvalue weighted by molar-refractivity contribution is 5.81. The van der Waals surface area contributed by atoms with Crippen LogP contribution in [0.5, 0.6) is 0 Å². The van der Waals surface area contributed by atoms with Crippen molar-refractivity contribution >= 4 is 16.9 Å². The van der Waals surface area contributed by atoms with Gasteiger partial charge in [0.1, 0.15) is 18.2 Å². The van der Waals surface area contributed by atoms with Gasteiger partial charge in [-0.1, -0.05) is 18.2 Å². The monoisotopic (exact) mass is 279 g/mol. The molecule has 0 saturated heterocycles. The van der Waals surface area contributed by atoms with Crippen molar-refractivity contribution in [2.75, 3.05) is 5.73 Å². The quantitative estimate of drug-likeness (QED) is 0.591. The van der Waals surface area contributed by atoms with Crippen molar-refractivity contribution in [2.24, 2.45) is 0 Å². The lowest BCUT2D eigenvalue weighted by Gasteiger charge is -2.01. The van der Waals surface area contributed by atoms with Gasteiger partial charge in [-0.3, -0.25) is 0 Å². The summed E-state index contributed by atoms with van der Waals surface area (Å²) in [5, 5.41) is 4.94. The van der Waals surface area contributed by atoms with Gasteiger partial charge in [-0.2, -0.15) is 24.7 Å². The van der Waals surface area contributed by atoms with Crippen LogP contribution in [0.15, 0.2) is 47.4 Å². The molecule has 8 nitrogen and oxygen atoms in total. The minimum Gasteiger partial charge on any atom is -0.453 e. The Morgan fingerprint density at radius 2 is 2.00 bits per heavy atom. The molecule has 3 aromatic heterocycles. The molecule has 0 amide bonds. The highest BCUT2D eigenvalue weighted by Gasteiger charge is 2.13. The number of hydrogen-bond acceptors (Lipinski definition) is 7. The number of para-hydroxylation sites is 1. The number of anilines is 1. The van der Waals surface area contributed by atoms with Crippen LogP contribution >= 0.6 is 0 Å². The molecule has 0 aliphatic heterocycles. The molecule has 4 aromatic rings. The number of nitrogen functional groups attached to an aromatic ring is 1. The molecule has 4 rings (SSSR count). The standard InChI is InChI=1S/C13H9N7O/c14-12-17-11(18-13(19-12)20-7-15-6-16-20)10-5-8-3-1-2-4-9(8)21-10/h1-7H,(H2,14,17,18,19). The Bertz CT molecular complexity index is 880. The second kappa shape index (κ2) is 4.37. The molecule has 0 unspecified atom stereocenters. The topological polar surface area (TPSA) is 109 Å². The van der Waals surface area contributed by atoms with Gasteiger partial charge >= 0.3 is 0 Å². The maximum absolute atomic E-state index is 5.73. The molecule has 21 heavy (non-hydrogen) atoms. The molecule has 0 aliphatic carbocycles. The first kappa shape index (κ1) is 11.5. The van der Waals surface area contributed by atoms with Gasteiger partial charge in [0.2, 0.25) is 11.8 Å². The van der Waals surface area contributed by atoms with E-state index in [4.69, 9.17) is 10.2 Å². The molecule has 0 spiro atoms. The minimum atomic E-state index is 0.0888. The Labute approximate surface area is 118 Å². The van der Waals surface area contributed by atoms with Gasteiger partial charge in [-0.15, -0.1) is 0 Å². The number of benzene rings is 1. The van der Waals surface area contributed by atoms with E-state index in [1.54, 1.807) is 0 Å². The summed E-state index contributed by atoms with van der Waals surface area (Å²) in [6.45, 7) is 0. The lowest BCUT2D eigenvalue weighted by atomic mass is 10.2. The number of hydrogen-bond donors (Lipinski definition) is 1. The van der Waals surface area contributed by atoms with Crippen molar-refractivity contribution in [3.05, 3.63) is 43.0 Å². The summed E-state index contributed by atoms with van der Waals surface area (Å²) >= 11 is 0. The van der Waals surface area contributed by atoms with E-state index in [2.05, 4.69) is 25.0 Å². The van der Waals surface area contributed by atoms with E-state index in [0.717, 1.165) is 11.0 Å². The normalized spacial score (nSPS) is 11.0. The fourth-order valence-corrected chi connectivity index (χ4v) is 2.00. The molecule has 0 radical (unpaired) electrons. The predicted octanol–water partition coefficient (Wildman–Crippen LogP) is 1.45. The lowest BCUT2D eigenvalue weighted by Crippen LogP contribution is -2.07. The fourth-order valence-electron chi connectivity index (χ4n) is 2.00. The number of aromatic nitrogens is 6. The summed E-state index contributed by atoms with van der Waals surface area (Å²) in [6, 6.07) is 9.52. The van der Waals surface area contributed by atoms with Gasteiger partial charge in [0.15, 0.2) is 5.76 Å². The van der Waals surface area contributed by atoms with Crippen molar-refractivity contribution in [3.8, 4) is 17.5 Å². The van der Waals surface area contributed by atoms with Gasteiger partial charge in [-0.05, 0) is 12.1 Å². The van der Waals surface area contributed by atoms with Crippen LogP contribution in [0.4, 0.5) is 5.95 Å². The first-order valence-electron chi connectivity index (χ1n) is 6.15. The van der Waals surface area contributed by atoms with E-state index in [0.29, 0.717) is 11.6 Å². The summed E-state index contributed by atoms with van der Waals surface area (Å²) in [5.41, 5.74) is 6.49. The maximum atomic E-state index is 5.73. The summed E-state index contributed by atoms with van der Waals surface area (Å²) in [7, 11) is 0. The molecule has 2 N–H and O–H groups in total. The molecule has 1 aromatic carbocycles. The summed E-state index contributed by atoms with van der Waals surface area (Å²) in [6.07, 6.45) is 2.87. The Morgan fingerprint density at radius 3 is 2.81 bits per heavy atom. The van der Waals surface area contributed by atoms with Gasteiger partial charge in [0.05, 0.1) is 0 Å². The maximum Gasteiger partial charge on any atom is 0.257 e. The van der Waals surface area contributed by atoms with Gasteiger partial charge < -0.3 is 10.2 Å². The van der Waals surface area contributed by atoms with Gasteiger partial charge in [-0.25, -0.2) is 4.98 Å². The second-order valence-corrected chi connectivity index (χ2v) is 4.31. The zero-order valence-corrected chi connectivity index (χ0v) is 10.7. The molecule has 8 heteroatoms. The number of nitrogens with zero attached hydrogens (tertiary/aromatic N) is 6. The van der Waals surface area contributed by atoms with Gasteiger partial charge in [0.25, 0.3) is 5.95 Å². The van der Waals surface area contributed by atoms with Crippen LogP contribution in [0, 0.1) is 0 Å². The van der Waals surface area contributed by atoms with Crippen molar-refractivity contribution in [1.29, 1.82) is 0 Å². The highest BCUT2D eigenvalue weighted by Crippen LogP contribution is 2.25. The van der Waals surface area contributed by atoms with Crippen molar-refractivity contribution < 1.29 is 4.42 Å². The average molecular weight is 279 g/mol. The van der Waals surface area contributed by atoms with Crippen LogP contribution in [0.3, 0.4) is 0 Å². The summed E-state index contributed by atoms with van der Waals surface area (Å²) in [4.78, 5) is 16.3. The lowest BCUT2D eigenvalue weighted by molar-refractivity contribution is 0.623. The van der Waals surface area contributed by atoms with Crippen LogP contribution in [0.1, 0.15) is 0 Å². The average Bonchev–Trinajstić information content (AvgIpc) is 3.16. The molecule has 102 valence electrons. The van der Waals surface area contributed by atoms with E-state index >= 15 is 0 Å². The number of fused-ring (bicyclic) bond motifs is 1. The largest absolute Gasteiger partial charge is 0.453 e. The molecular formula is C13H9N7O. The van der Waals surface area contributed by atoms with Crippen molar-refractivity contribution in [2.45, 2.75) is 0 Å². The third-order valence-electron chi connectivity index (χ3n) is 2.91. The molecule has 0 atom stereocenters. The second-order valence-electron chi connectivity index (χ2n) is 4.31. The number of nitrogens with two attached hydrogens (primary N) is 1. The summed E-state index contributed by atoms with van der Waals surface area (Å²) in [5.74, 6) is 1.25. The molecule has 0 aliphatic rings. The zero-order chi connectivity index (χ0) is 14.2. The van der Waals surface area contributed by atoms with Crippen LogP contribution in [-0.2, 0) is 0 Å². The molecular weight excluding hydrogens is 270 g/mol. The first-order valence-corrected chi connectivity index (χ1v) is 6.15. The highest BCUT2D eigenvalue weighted by atomic mass is 16.3. The Kier molecular flexibility index (Phi) is 2.40. The van der Waals surface area contributed by atoms with Crippen LogP contribution in [0.25, 0.3) is 28.5 Å². The zero-order valence-electron chi connectivity index (χ0n) is 10.7. The summed E-state index contributed by atoms with van der Waals surface area (Å²) < 4.78 is 7.13. The van der Waals surface area contributed by atoms with Gasteiger partial charge in [0, 0.05) is 5.39 Å². The van der Waals surface area contributed by atoms with E-state index < -0.39 is 0 Å². The van der Waals surface area contributed by atoms with E-state index in [-0.39, 0.29) is 11.9 Å². The SMILES string of the molecule is Nc1nc(-c2cc3ccccc3o2)nc(-n2cncn2)n1.